The molecule has 2 atom stereocenters. The molecule has 3 rings (SSSR count). The largest absolute Gasteiger partial charge is 0.303 e. The number of carbonyl (C=O) groups is 1. The summed E-state index contributed by atoms with van der Waals surface area (Å²) in [5.41, 5.74) is -0.00114. The lowest BCUT2D eigenvalue weighted by atomic mass is 9.71. The fourth-order valence-corrected chi connectivity index (χ4v) is 4.75. The third-order valence-electron chi connectivity index (χ3n) is 6.16. The molecule has 0 amide bonds. The van der Waals surface area contributed by atoms with Crippen molar-refractivity contribution in [1.82, 2.24) is 4.90 Å². The summed E-state index contributed by atoms with van der Waals surface area (Å²) in [6, 6.07) is 0.810. The van der Waals surface area contributed by atoms with Crippen molar-refractivity contribution >= 4 is 6.29 Å². The number of rotatable bonds is 3. The highest BCUT2D eigenvalue weighted by Crippen LogP contribution is 2.42. The predicted molar refractivity (Wildman–Crippen MR) is 78.1 cm³/mol. The number of carbonyl (C=O) groups excluding carboxylic acids is 1. The van der Waals surface area contributed by atoms with Gasteiger partial charge in [-0.1, -0.05) is 19.8 Å². The quantitative estimate of drug-likeness (QED) is 0.724. The number of aldehydes is 1. The second-order valence-corrected chi connectivity index (χ2v) is 7.53. The molecule has 108 valence electrons. The minimum Gasteiger partial charge on any atom is -0.303 e. The summed E-state index contributed by atoms with van der Waals surface area (Å²) in [4.78, 5) is 14.4. The Kier molecular flexibility index (Phi) is 3.98. The zero-order chi connectivity index (χ0) is 13.3. The van der Waals surface area contributed by atoms with Crippen LogP contribution in [-0.2, 0) is 4.79 Å². The topological polar surface area (TPSA) is 20.3 Å². The summed E-state index contributed by atoms with van der Waals surface area (Å²) in [6.45, 7) is 4.65. The van der Waals surface area contributed by atoms with Crippen molar-refractivity contribution in [3.05, 3.63) is 0 Å². The molecule has 2 unspecified atom stereocenters. The molecule has 0 aromatic heterocycles. The van der Waals surface area contributed by atoms with Crippen LogP contribution in [0.25, 0.3) is 0 Å². The molecular formula is C17H29NO. The molecule has 2 heteroatoms. The lowest BCUT2D eigenvalue weighted by Crippen LogP contribution is -2.45. The summed E-state index contributed by atoms with van der Waals surface area (Å²) in [5.74, 6) is 1.77. The Labute approximate surface area is 117 Å². The van der Waals surface area contributed by atoms with E-state index in [0.29, 0.717) is 0 Å². The van der Waals surface area contributed by atoms with Crippen LogP contribution in [0.4, 0.5) is 0 Å². The zero-order valence-corrected chi connectivity index (χ0v) is 12.4. The highest BCUT2D eigenvalue weighted by atomic mass is 16.1. The fraction of sp³-hybridized carbons (Fsp3) is 0.941. The standard InChI is InChI=1S/C17H29NO/c1-14-6-9-17(13-19,10-7-14)12-18-11-8-15-4-2-3-5-16(15)18/h13-16H,2-12H2,1H3. The van der Waals surface area contributed by atoms with Crippen LogP contribution in [0.5, 0.6) is 0 Å². The zero-order valence-electron chi connectivity index (χ0n) is 12.4. The van der Waals surface area contributed by atoms with E-state index < -0.39 is 0 Å². The van der Waals surface area contributed by atoms with Crippen LogP contribution in [0.15, 0.2) is 0 Å². The molecular weight excluding hydrogens is 234 g/mol. The van der Waals surface area contributed by atoms with E-state index in [1.807, 2.05) is 0 Å². The second-order valence-electron chi connectivity index (χ2n) is 7.53. The molecule has 1 aliphatic heterocycles. The maximum absolute atomic E-state index is 11.7. The first kappa shape index (κ1) is 13.6. The van der Waals surface area contributed by atoms with Gasteiger partial charge in [0, 0.05) is 18.0 Å². The second kappa shape index (κ2) is 5.55. The van der Waals surface area contributed by atoms with Crippen molar-refractivity contribution in [3.8, 4) is 0 Å². The van der Waals surface area contributed by atoms with Crippen LogP contribution < -0.4 is 0 Å². The van der Waals surface area contributed by atoms with E-state index >= 15 is 0 Å². The molecule has 1 saturated heterocycles. The van der Waals surface area contributed by atoms with Crippen LogP contribution in [0.1, 0.15) is 64.7 Å². The molecule has 0 N–H and O–H groups in total. The smallest absolute Gasteiger partial charge is 0.127 e. The maximum Gasteiger partial charge on any atom is 0.127 e. The molecule has 3 fully saturated rings. The molecule has 19 heavy (non-hydrogen) atoms. The van der Waals surface area contributed by atoms with Crippen LogP contribution in [0.3, 0.4) is 0 Å². The van der Waals surface area contributed by atoms with Gasteiger partial charge in [0.25, 0.3) is 0 Å². The van der Waals surface area contributed by atoms with Gasteiger partial charge in [-0.15, -0.1) is 0 Å². The lowest BCUT2D eigenvalue weighted by Gasteiger charge is -2.41. The van der Waals surface area contributed by atoms with Gasteiger partial charge in [-0.25, -0.2) is 0 Å². The van der Waals surface area contributed by atoms with Gasteiger partial charge in [0.15, 0.2) is 0 Å². The van der Waals surface area contributed by atoms with Crippen molar-refractivity contribution in [1.29, 1.82) is 0 Å². The van der Waals surface area contributed by atoms with Gasteiger partial charge in [-0.3, -0.25) is 4.90 Å². The Bertz CT molecular complexity index is 319. The number of likely N-dealkylation sites (tertiary alicyclic amines) is 1. The first-order valence-electron chi connectivity index (χ1n) is 8.43. The van der Waals surface area contributed by atoms with Gasteiger partial charge in [0.05, 0.1) is 0 Å². The maximum atomic E-state index is 11.7. The van der Waals surface area contributed by atoms with E-state index in [-0.39, 0.29) is 5.41 Å². The first-order valence-corrected chi connectivity index (χ1v) is 8.43. The van der Waals surface area contributed by atoms with Crippen molar-refractivity contribution in [2.45, 2.75) is 70.8 Å². The third-order valence-corrected chi connectivity index (χ3v) is 6.16. The van der Waals surface area contributed by atoms with Crippen molar-refractivity contribution in [2.75, 3.05) is 13.1 Å². The van der Waals surface area contributed by atoms with E-state index in [0.717, 1.165) is 37.3 Å². The molecule has 2 saturated carbocycles. The van der Waals surface area contributed by atoms with Gasteiger partial charge < -0.3 is 4.79 Å². The molecule has 0 radical (unpaired) electrons. The van der Waals surface area contributed by atoms with E-state index in [4.69, 9.17) is 0 Å². The minimum atomic E-state index is -0.00114. The normalized spacial score (nSPS) is 43.9. The highest BCUT2D eigenvalue weighted by molar-refractivity contribution is 5.60. The van der Waals surface area contributed by atoms with Crippen LogP contribution >= 0.6 is 0 Å². The fourth-order valence-electron chi connectivity index (χ4n) is 4.75. The van der Waals surface area contributed by atoms with E-state index in [1.165, 1.54) is 57.8 Å². The first-order chi connectivity index (χ1) is 9.22. The van der Waals surface area contributed by atoms with Gasteiger partial charge >= 0.3 is 0 Å². The van der Waals surface area contributed by atoms with Gasteiger partial charge in [0.2, 0.25) is 0 Å². The van der Waals surface area contributed by atoms with Crippen LogP contribution in [-0.4, -0.2) is 30.3 Å². The summed E-state index contributed by atoms with van der Waals surface area (Å²) in [6.07, 6.45) is 13.1. The molecule has 2 aliphatic carbocycles. The van der Waals surface area contributed by atoms with Gasteiger partial charge in [-0.05, 0) is 63.3 Å². The van der Waals surface area contributed by atoms with Crippen LogP contribution in [0.2, 0.25) is 0 Å². The minimum absolute atomic E-state index is 0.00114. The Morgan fingerprint density at radius 1 is 1.11 bits per heavy atom. The Morgan fingerprint density at radius 2 is 1.84 bits per heavy atom. The van der Waals surface area contributed by atoms with Crippen molar-refractivity contribution < 1.29 is 4.79 Å². The average Bonchev–Trinajstić information content (AvgIpc) is 2.85. The number of hydrogen-bond acceptors (Lipinski definition) is 2. The predicted octanol–water partition coefficient (Wildman–Crippen LogP) is 3.65. The van der Waals surface area contributed by atoms with Crippen molar-refractivity contribution in [3.63, 3.8) is 0 Å². The molecule has 3 aliphatic rings. The molecule has 0 aromatic carbocycles. The lowest BCUT2D eigenvalue weighted by molar-refractivity contribution is -0.120. The summed E-state index contributed by atoms with van der Waals surface area (Å²) < 4.78 is 0. The molecule has 0 spiro atoms. The van der Waals surface area contributed by atoms with E-state index in [9.17, 15) is 4.79 Å². The Morgan fingerprint density at radius 3 is 2.58 bits per heavy atom. The van der Waals surface area contributed by atoms with Crippen molar-refractivity contribution in [2.24, 2.45) is 17.3 Å². The third kappa shape index (κ3) is 2.74. The van der Waals surface area contributed by atoms with Crippen LogP contribution in [0, 0.1) is 17.3 Å². The van der Waals surface area contributed by atoms with Gasteiger partial charge in [0.1, 0.15) is 6.29 Å². The molecule has 2 nitrogen and oxygen atoms in total. The average molecular weight is 263 g/mol. The molecule has 0 aromatic rings. The Hall–Kier alpha value is -0.370. The summed E-state index contributed by atoms with van der Waals surface area (Å²) in [5, 5.41) is 0. The summed E-state index contributed by atoms with van der Waals surface area (Å²) in [7, 11) is 0. The SMILES string of the molecule is CC1CCC(C=O)(CN2CCC3CCCCC32)CC1. The Balaban J connectivity index is 1.64. The monoisotopic (exact) mass is 263 g/mol. The molecule has 1 heterocycles. The highest BCUT2D eigenvalue weighted by Gasteiger charge is 2.41. The number of hydrogen-bond donors (Lipinski definition) is 0. The molecule has 0 bridgehead atoms. The number of fused-ring (bicyclic) bond motifs is 1. The summed E-state index contributed by atoms with van der Waals surface area (Å²) >= 11 is 0. The van der Waals surface area contributed by atoms with E-state index in [1.54, 1.807) is 0 Å². The number of nitrogens with zero attached hydrogens (tertiary/aromatic N) is 1. The van der Waals surface area contributed by atoms with Gasteiger partial charge in [-0.2, -0.15) is 0 Å². The van der Waals surface area contributed by atoms with E-state index in [2.05, 4.69) is 11.8 Å².